The fraction of sp³-hybridized carbons (Fsp3) is 0.500. The molecule has 0 aliphatic rings. The van der Waals surface area contributed by atoms with Crippen LogP contribution in [-0.2, 0) is 0 Å². The van der Waals surface area contributed by atoms with Gasteiger partial charge in [-0.2, -0.15) is 0 Å². The minimum absolute atomic E-state index is 0.529. The predicted octanol–water partition coefficient (Wildman–Crippen LogP) is 3.95. The highest BCUT2D eigenvalue weighted by Gasteiger charge is 2.21. The second-order valence-electron chi connectivity index (χ2n) is 3.77. The Balaban J connectivity index is 2.88. The molecule has 0 aliphatic carbocycles. The van der Waals surface area contributed by atoms with Crippen molar-refractivity contribution in [3.63, 3.8) is 0 Å². The molecular weight excluding hydrogens is 232 g/mol. The average Bonchev–Trinajstić information content (AvgIpc) is 2.23. The summed E-state index contributed by atoms with van der Waals surface area (Å²) in [4.78, 5) is 0. The smallest absolute Gasteiger partial charge is 0.257 e. The lowest BCUT2D eigenvalue weighted by Gasteiger charge is -2.18. The minimum Gasteiger partial charge on any atom is -0.305 e. The van der Waals surface area contributed by atoms with Gasteiger partial charge in [-0.15, -0.1) is 0 Å². The molecule has 1 unspecified atom stereocenters. The number of halogens is 3. The molecule has 16 heavy (non-hydrogen) atoms. The topological polar surface area (TPSA) is 12.0 Å². The van der Waals surface area contributed by atoms with Crippen LogP contribution in [0.25, 0.3) is 0 Å². The van der Waals surface area contributed by atoms with Gasteiger partial charge >= 0.3 is 0 Å². The molecule has 0 bridgehead atoms. The molecule has 1 atom stereocenters. The van der Waals surface area contributed by atoms with E-state index in [2.05, 4.69) is 5.32 Å². The number of alkyl halides is 2. The molecular formula is C12H16ClF2N. The quantitative estimate of drug-likeness (QED) is 0.831. The van der Waals surface area contributed by atoms with Crippen molar-refractivity contribution in [3.8, 4) is 0 Å². The van der Waals surface area contributed by atoms with E-state index in [1.165, 1.54) is 0 Å². The van der Waals surface area contributed by atoms with Gasteiger partial charge in [-0.3, -0.25) is 0 Å². The first-order valence-electron chi connectivity index (χ1n) is 5.33. The fourth-order valence-electron chi connectivity index (χ4n) is 1.45. The summed E-state index contributed by atoms with van der Waals surface area (Å²) in [6.07, 6.45) is -1.60. The summed E-state index contributed by atoms with van der Waals surface area (Å²) in [5, 5.41) is 3.35. The number of aryl methyl sites for hydroxylation is 1. The molecule has 1 N–H and O–H groups in total. The summed E-state index contributed by atoms with van der Waals surface area (Å²) < 4.78 is 25.7. The van der Waals surface area contributed by atoms with Gasteiger partial charge < -0.3 is 5.32 Å². The monoisotopic (exact) mass is 247 g/mol. The van der Waals surface area contributed by atoms with Crippen LogP contribution in [0.3, 0.4) is 0 Å². The van der Waals surface area contributed by atoms with E-state index < -0.39 is 12.5 Å². The second kappa shape index (κ2) is 6.16. The Labute approximate surface area is 99.8 Å². The van der Waals surface area contributed by atoms with Gasteiger partial charge in [0.05, 0.1) is 6.04 Å². The lowest BCUT2D eigenvalue weighted by atomic mass is 10.1. The van der Waals surface area contributed by atoms with E-state index in [9.17, 15) is 8.78 Å². The van der Waals surface area contributed by atoms with E-state index >= 15 is 0 Å². The summed E-state index contributed by atoms with van der Waals surface area (Å²) in [5.74, 6) is 0. The van der Waals surface area contributed by atoms with E-state index in [-0.39, 0.29) is 0 Å². The van der Waals surface area contributed by atoms with Crippen molar-refractivity contribution in [3.05, 3.63) is 34.3 Å². The normalized spacial score (nSPS) is 13.1. The van der Waals surface area contributed by atoms with Crippen LogP contribution in [0.1, 0.15) is 30.5 Å². The van der Waals surface area contributed by atoms with Gasteiger partial charge in [0.25, 0.3) is 6.43 Å². The third kappa shape index (κ3) is 3.42. The Bertz CT molecular complexity index is 342. The lowest BCUT2D eigenvalue weighted by molar-refractivity contribution is 0.0985. The van der Waals surface area contributed by atoms with Gasteiger partial charge in [0.2, 0.25) is 0 Å². The zero-order valence-electron chi connectivity index (χ0n) is 9.43. The van der Waals surface area contributed by atoms with Crippen molar-refractivity contribution in [1.82, 2.24) is 5.32 Å². The van der Waals surface area contributed by atoms with Crippen molar-refractivity contribution in [2.45, 2.75) is 32.7 Å². The van der Waals surface area contributed by atoms with Gasteiger partial charge in [-0.1, -0.05) is 30.7 Å². The SMILES string of the molecule is CCCNC(c1ccc(C)c(Cl)c1)C(F)F. The summed E-state index contributed by atoms with van der Waals surface area (Å²) in [6, 6.07) is 4.13. The molecule has 0 aromatic heterocycles. The van der Waals surface area contributed by atoms with Crippen LogP contribution in [0.2, 0.25) is 5.02 Å². The molecule has 0 saturated heterocycles. The molecule has 0 heterocycles. The van der Waals surface area contributed by atoms with Gasteiger partial charge in [0, 0.05) is 5.02 Å². The van der Waals surface area contributed by atoms with Crippen molar-refractivity contribution >= 4 is 11.6 Å². The van der Waals surface area contributed by atoms with Crippen LogP contribution in [0.15, 0.2) is 18.2 Å². The van der Waals surface area contributed by atoms with Crippen LogP contribution in [-0.4, -0.2) is 13.0 Å². The standard InChI is InChI=1S/C12H16ClF2N/c1-3-6-16-11(12(14)15)9-5-4-8(2)10(13)7-9/h4-5,7,11-12,16H,3,6H2,1-2H3. The Kier molecular flexibility index (Phi) is 5.16. The summed E-state index contributed by atoms with van der Waals surface area (Å²) >= 11 is 5.92. The number of nitrogens with one attached hydrogen (secondary N) is 1. The largest absolute Gasteiger partial charge is 0.305 e. The van der Waals surface area contributed by atoms with Gasteiger partial charge in [0.15, 0.2) is 0 Å². The number of hydrogen-bond acceptors (Lipinski definition) is 1. The first-order chi connectivity index (χ1) is 7.56. The minimum atomic E-state index is -2.43. The molecule has 0 spiro atoms. The average molecular weight is 248 g/mol. The Morgan fingerprint density at radius 3 is 2.56 bits per heavy atom. The highest BCUT2D eigenvalue weighted by molar-refractivity contribution is 6.31. The maximum absolute atomic E-state index is 12.8. The summed E-state index contributed by atoms with van der Waals surface area (Å²) in [7, 11) is 0. The predicted molar refractivity (Wildman–Crippen MR) is 63.2 cm³/mol. The molecule has 90 valence electrons. The van der Waals surface area contributed by atoms with Crippen LogP contribution < -0.4 is 5.32 Å². The van der Waals surface area contributed by atoms with E-state index in [4.69, 9.17) is 11.6 Å². The first kappa shape index (κ1) is 13.4. The molecule has 0 aliphatic heterocycles. The van der Waals surface area contributed by atoms with E-state index in [0.717, 1.165) is 12.0 Å². The van der Waals surface area contributed by atoms with Crippen molar-refractivity contribution in [2.24, 2.45) is 0 Å². The first-order valence-corrected chi connectivity index (χ1v) is 5.71. The van der Waals surface area contributed by atoms with Crippen LogP contribution in [0.5, 0.6) is 0 Å². The third-order valence-corrected chi connectivity index (χ3v) is 2.83. The summed E-state index contributed by atoms with van der Waals surface area (Å²) in [5.41, 5.74) is 1.44. The van der Waals surface area contributed by atoms with Gasteiger partial charge in [-0.05, 0) is 37.1 Å². The number of benzene rings is 1. The van der Waals surface area contributed by atoms with E-state index in [0.29, 0.717) is 17.1 Å². The zero-order valence-corrected chi connectivity index (χ0v) is 10.2. The summed E-state index contributed by atoms with van der Waals surface area (Å²) in [6.45, 7) is 4.36. The Morgan fingerprint density at radius 2 is 2.06 bits per heavy atom. The molecule has 4 heteroatoms. The van der Waals surface area contributed by atoms with Gasteiger partial charge in [-0.25, -0.2) is 8.78 Å². The van der Waals surface area contributed by atoms with Crippen LogP contribution >= 0.6 is 11.6 Å². The second-order valence-corrected chi connectivity index (χ2v) is 4.18. The number of rotatable bonds is 5. The molecule has 1 aromatic rings. The lowest BCUT2D eigenvalue weighted by Crippen LogP contribution is -2.28. The molecule has 0 radical (unpaired) electrons. The zero-order chi connectivity index (χ0) is 12.1. The maximum atomic E-state index is 12.8. The highest BCUT2D eigenvalue weighted by Crippen LogP contribution is 2.25. The molecule has 0 amide bonds. The molecule has 0 fully saturated rings. The molecule has 1 rings (SSSR count). The highest BCUT2D eigenvalue weighted by atomic mass is 35.5. The Hall–Kier alpha value is -0.670. The molecule has 0 saturated carbocycles. The van der Waals surface area contributed by atoms with Crippen molar-refractivity contribution in [2.75, 3.05) is 6.54 Å². The Morgan fingerprint density at radius 1 is 1.38 bits per heavy atom. The van der Waals surface area contributed by atoms with E-state index in [1.54, 1.807) is 18.2 Å². The third-order valence-electron chi connectivity index (χ3n) is 2.42. The van der Waals surface area contributed by atoms with Crippen LogP contribution in [0, 0.1) is 6.92 Å². The van der Waals surface area contributed by atoms with Gasteiger partial charge in [0.1, 0.15) is 0 Å². The van der Waals surface area contributed by atoms with Crippen molar-refractivity contribution < 1.29 is 8.78 Å². The number of hydrogen-bond donors (Lipinski definition) is 1. The van der Waals surface area contributed by atoms with Crippen molar-refractivity contribution in [1.29, 1.82) is 0 Å². The maximum Gasteiger partial charge on any atom is 0.257 e. The molecule has 1 nitrogen and oxygen atoms in total. The molecule has 1 aromatic carbocycles. The van der Waals surface area contributed by atoms with E-state index in [1.807, 2.05) is 13.8 Å². The van der Waals surface area contributed by atoms with Crippen LogP contribution in [0.4, 0.5) is 8.78 Å². The fourth-order valence-corrected chi connectivity index (χ4v) is 1.64.